The zero-order chi connectivity index (χ0) is 21.1. The van der Waals surface area contributed by atoms with Crippen molar-refractivity contribution < 1.29 is 38.7 Å². The lowest BCUT2D eigenvalue weighted by Gasteiger charge is -2.31. The summed E-state index contributed by atoms with van der Waals surface area (Å²) in [5.74, 6) is -0.190. The first-order valence-electron chi connectivity index (χ1n) is 9.29. The Kier molecular flexibility index (Phi) is 10.1. The Balaban J connectivity index is 2.02. The zero-order valence-electron chi connectivity index (χ0n) is 16.2. The fraction of sp³-hybridized carbons (Fsp3) is 0.579. The van der Waals surface area contributed by atoms with Gasteiger partial charge in [0.15, 0.2) is 6.10 Å². The highest BCUT2D eigenvalue weighted by Gasteiger charge is 2.34. The van der Waals surface area contributed by atoms with Gasteiger partial charge in [-0.25, -0.2) is 4.79 Å². The predicted molar refractivity (Wildman–Crippen MR) is 107 cm³/mol. The van der Waals surface area contributed by atoms with Crippen molar-refractivity contribution in [1.82, 2.24) is 5.32 Å². The van der Waals surface area contributed by atoms with E-state index in [2.05, 4.69) is 17.5 Å². The highest BCUT2D eigenvalue weighted by molar-refractivity contribution is 7.78. The minimum atomic E-state index is -1.14. The molecule has 1 fully saturated rings. The van der Waals surface area contributed by atoms with Crippen LogP contribution >= 0.6 is 12.2 Å². The average Bonchev–Trinajstić information content (AvgIpc) is 2.69. The Labute approximate surface area is 174 Å². The van der Waals surface area contributed by atoms with Gasteiger partial charge < -0.3 is 39.2 Å². The topological polar surface area (TPSA) is 116 Å². The van der Waals surface area contributed by atoms with Gasteiger partial charge in [0.05, 0.1) is 19.3 Å². The van der Waals surface area contributed by atoms with E-state index >= 15 is 0 Å². The third kappa shape index (κ3) is 8.11. The lowest BCUT2D eigenvalue weighted by atomic mass is 10.1. The monoisotopic (exact) mass is 429 g/mol. The molecule has 1 saturated heterocycles. The standard InChI is InChI=1S/C19H27NO8S/c1-20-4-5-24-6-7-26-15-3-2-13(11-25-12-29)16(10-15)27-18-9-14(21)8-17(28-18)19(22)23/h2-3,10,12,14,17-18,20-21H,4-9,11H2,1H3,(H,22,23). The van der Waals surface area contributed by atoms with Crippen LogP contribution in [0, 0.1) is 0 Å². The molecule has 0 spiro atoms. The van der Waals surface area contributed by atoms with Crippen LogP contribution in [-0.4, -0.2) is 73.6 Å². The number of aliphatic carboxylic acids is 1. The van der Waals surface area contributed by atoms with Crippen molar-refractivity contribution in [1.29, 1.82) is 0 Å². The summed E-state index contributed by atoms with van der Waals surface area (Å²) < 4.78 is 27.5. The fourth-order valence-electron chi connectivity index (χ4n) is 2.71. The summed E-state index contributed by atoms with van der Waals surface area (Å²) in [4.78, 5) is 11.2. The second-order valence-electron chi connectivity index (χ2n) is 6.38. The summed E-state index contributed by atoms with van der Waals surface area (Å²) >= 11 is 4.69. The molecule has 9 nitrogen and oxygen atoms in total. The summed E-state index contributed by atoms with van der Waals surface area (Å²) in [6.45, 7) is 2.32. The van der Waals surface area contributed by atoms with Crippen molar-refractivity contribution in [2.45, 2.75) is 37.9 Å². The third-order valence-electron chi connectivity index (χ3n) is 4.14. The summed E-state index contributed by atoms with van der Waals surface area (Å²) in [6, 6.07) is 5.19. The summed E-state index contributed by atoms with van der Waals surface area (Å²) in [5, 5.41) is 22.1. The van der Waals surface area contributed by atoms with Crippen LogP contribution < -0.4 is 14.8 Å². The van der Waals surface area contributed by atoms with Gasteiger partial charge in [-0.2, -0.15) is 0 Å². The number of ether oxygens (including phenoxy) is 5. The van der Waals surface area contributed by atoms with E-state index in [1.165, 1.54) is 0 Å². The van der Waals surface area contributed by atoms with Crippen LogP contribution in [0.4, 0.5) is 0 Å². The number of benzene rings is 1. The number of carbonyl (C=O) groups is 1. The molecule has 1 aliphatic heterocycles. The second-order valence-corrected chi connectivity index (χ2v) is 6.57. The molecule has 10 heteroatoms. The maximum Gasteiger partial charge on any atom is 0.333 e. The van der Waals surface area contributed by atoms with Crippen LogP contribution in [-0.2, 0) is 25.6 Å². The lowest BCUT2D eigenvalue weighted by Crippen LogP contribution is -2.42. The Bertz CT molecular complexity index is 659. The number of rotatable bonds is 13. The largest absolute Gasteiger partial charge is 0.491 e. The molecule has 2 rings (SSSR count). The molecule has 0 bridgehead atoms. The van der Waals surface area contributed by atoms with E-state index in [1.54, 1.807) is 18.2 Å². The highest BCUT2D eigenvalue weighted by atomic mass is 32.1. The minimum absolute atomic E-state index is 0.0206. The van der Waals surface area contributed by atoms with Gasteiger partial charge in [0.2, 0.25) is 6.29 Å². The molecule has 162 valence electrons. The van der Waals surface area contributed by atoms with Gasteiger partial charge in [-0.05, 0) is 31.4 Å². The molecule has 3 N–H and O–H groups in total. The first kappa shape index (κ1) is 23.3. The Morgan fingerprint density at radius 1 is 1.34 bits per heavy atom. The molecule has 0 amide bonds. The van der Waals surface area contributed by atoms with Gasteiger partial charge in [0.25, 0.3) is 0 Å². The summed E-state index contributed by atoms with van der Waals surface area (Å²) in [7, 11) is 1.85. The smallest absolute Gasteiger partial charge is 0.333 e. The van der Waals surface area contributed by atoms with E-state index in [4.69, 9.17) is 28.8 Å². The number of carboxylic acids is 1. The van der Waals surface area contributed by atoms with Crippen LogP contribution in [0.15, 0.2) is 18.2 Å². The second kappa shape index (κ2) is 12.6. The number of thiocarbonyl (C=S) groups is 1. The van der Waals surface area contributed by atoms with E-state index < -0.39 is 24.5 Å². The van der Waals surface area contributed by atoms with Crippen molar-refractivity contribution in [2.24, 2.45) is 0 Å². The molecule has 0 saturated carbocycles. The van der Waals surface area contributed by atoms with Crippen LogP contribution in [0.25, 0.3) is 0 Å². The molecule has 0 radical (unpaired) electrons. The maximum atomic E-state index is 11.2. The summed E-state index contributed by atoms with van der Waals surface area (Å²) in [5.41, 5.74) is 1.83. The number of carboxylic acid groups (broad SMARTS) is 1. The molecule has 1 aromatic rings. The number of hydrogen-bond acceptors (Lipinski definition) is 9. The van der Waals surface area contributed by atoms with Crippen LogP contribution in [0.1, 0.15) is 18.4 Å². The minimum Gasteiger partial charge on any atom is -0.491 e. The first-order chi connectivity index (χ1) is 14.0. The molecule has 1 heterocycles. The third-order valence-corrected chi connectivity index (χ3v) is 4.27. The average molecular weight is 429 g/mol. The number of aliphatic hydroxyl groups is 1. The number of likely N-dealkylation sites (N-methyl/N-ethyl adjacent to an activating group) is 1. The van der Waals surface area contributed by atoms with Crippen molar-refractivity contribution in [3.05, 3.63) is 23.8 Å². The maximum absolute atomic E-state index is 11.2. The fourth-order valence-corrected chi connectivity index (χ4v) is 2.78. The molecule has 3 unspecified atom stereocenters. The zero-order valence-corrected chi connectivity index (χ0v) is 17.1. The normalized spacial score (nSPS) is 21.4. The number of aliphatic hydroxyl groups excluding tert-OH is 1. The van der Waals surface area contributed by atoms with Gasteiger partial charge in [-0.15, -0.1) is 0 Å². The molecular formula is C19H27NO8S. The van der Waals surface area contributed by atoms with Crippen molar-refractivity contribution in [2.75, 3.05) is 33.4 Å². The molecule has 1 aromatic carbocycles. The van der Waals surface area contributed by atoms with Crippen molar-refractivity contribution >= 4 is 23.7 Å². The summed E-state index contributed by atoms with van der Waals surface area (Å²) in [6.07, 6.45) is -2.69. The van der Waals surface area contributed by atoms with E-state index in [0.29, 0.717) is 36.9 Å². The molecule has 29 heavy (non-hydrogen) atoms. The Morgan fingerprint density at radius 2 is 2.17 bits per heavy atom. The lowest BCUT2D eigenvalue weighted by molar-refractivity contribution is -0.195. The highest BCUT2D eigenvalue weighted by Crippen LogP contribution is 2.30. The van der Waals surface area contributed by atoms with E-state index in [1.807, 2.05) is 7.05 Å². The van der Waals surface area contributed by atoms with E-state index in [9.17, 15) is 9.90 Å². The van der Waals surface area contributed by atoms with Crippen molar-refractivity contribution in [3.63, 3.8) is 0 Å². The first-order valence-corrected chi connectivity index (χ1v) is 9.77. The Hall–Kier alpha value is -1.98. The quantitative estimate of drug-likeness (QED) is 0.311. The molecule has 0 aliphatic carbocycles. The van der Waals surface area contributed by atoms with Gasteiger partial charge in [-0.1, -0.05) is 0 Å². The van der Waals surface area contributed by atoms with Crippen LogP contribution in [0.3, 0.4) is 0 Å². The van der Waals surface area contributed by atoms with E-state index in [0.717, 1.165) is 12.1 Å². The predicted octanol–water partition coefficient (Wildman–Crippen LogP) is 1.10. The van der Waals surface area contributed by atoms with Gasteiger partial charge in [0.1, 0.15) is 30.3 Å². The molecule has 1 aliphatic rings. The van der Waals surface area contributed by atoms with Crippen LogP contribution in [0.5, 0.6) is 11.5 Å². The number of nitrogens with one attached hydrogen (secondary N) is 1. The van der Waals surface area contributed by atoms with Crippen LogP contribution in [0.2, 0.25) is 0 Å². The SMILES string of the molecule is CNCCOCCOc1ccc(COC=S)c(OC2CC(O)CC(C(=O)O)O2)c1. The van der Waals surface area contributed by atoms with Crippen molar-refractivity contribution in [3.8, 4) is 11.5 Å². The van der Waals surface area contributed by atoms with Gasteiger partial charge >= 0.3 is 5.97 Å². The Morgan fingerprint density at radius 3 is 2.90 bits per heavy atom. The molecular weight excluding hydrogens is 402 g/mol. The van der Waals surface area contributed by atoms with Gasteiger partial charge in [-0.3, -0.25) is 0 Å². The van der Waals surface area contributed by atoms with Gasteiger partial charge in [0, 0.05) is 31.0 Å². The number of hydrogen-bond donors (Lipinski definition) is 3. The molecule has 3 atom stereocenters. The van der Waals surface area contributed by atoms with E-state index in [-0.39, 0.29) is 19.4 Å². The molecule has 0 aromatic heterocycles.